The van der Waals surface area contributed by atoms with Gasteiger partial charge in [0, 0.05) is 18.3 Å². The summed E-state index contributed by atoms with van der Waals surface area (Å²) in [5, 5.41) is 13.2. The van der Waals surface area contributed by atoms with Crippen LogP contribution in [0, 0.1) is 0 Å². The Morgan fingerprint density at radius 3 is 2.55 bits per heavy atom. The molecule has 2 amide bonds. The van der Waals surface area contributed by atoms with Crippen molar-refractivity contribution in [2.24, 2.45) is 0 Å². The zero-order valence-corrected chi connectivity index (χ0v) is 11.9. The first kappa shape index (κ1) is 18.0. The number of benzene rings is 1. The monoisotopic (exact) mass is 318 g/mol. The molecule has 1 aromatic rings. The maximum absolute atomic E-state index is 12.5. The maximum Gasteiger partial charge on any atom is 0.416 e. The first-order valence-corrected chi connectivity index (χ1v) is 6.64. The number of alkyl halides is 3. The van der Waals surface area contributed by atoms with Crippen LogP contribution in [-0.2, 0) is 15.8 Å². The Bertz CT molecular complexity index is 532. The van der Waals surface area contributed by atoms with E-state index in [1.54, 1.807) is 6.92 Å². The van der Waals surface area contributed by atoms with E-state index in [9.17, 15) is 22.8 Å². The molecule has 0 saturated carbocycles. The third-order valence-electron chi connectivity index (χ3n) is 2.83. The zero-order chi connectivity index (χ0) is 16.8. The van der Waals surface area contributed by atoms with Gasteiger partial charge in [0.05, 0.1) is 5.56 Å². The van der Waals surface area contributed by atoms with Crippen LogP contribution in [0.4, 0.5) is 18.9 Å². The number of carbonyl (C=O) groups excluding carboxylic acids is 2. The second-order valence-corrected chi connectivity index (χ2v) is 4.77. The van der Waals surface area contributed by atoms with E-state index in [4.69, 9.17) is 5.11 Å². The first-order valence-electron chi connectivity index (χ1n) is 6.64. The summed E-state index contributed by atoms with van der Waals surface area (Å²) in [6.45, 7) is 1.63. The average molecular weight is 318 g/mol. The lowest BCUT2D eigenvalue weighted by atomic mass is 10.2. The first-order chi connectivity index (χ1) is 10.2. The molecular formula is C14H17F3N2O3. The highest BCUT2D eigenvalue weighted by molar-refractivity contribution is 6.39. The summed E-state index contributed by atoms with van der Waals surface area (Å²) in [4.78, 5) is 23.2. The topological polar surface area (TPSA) is 78.4 Å². The molecule has 0 radical (unpaired) electrons. The Morgan fingerprint density at radius 1 is 1.27 bits per heavy atom. The lowest BCUT2D eigenvalue weighted by Gasteiger charge is -2.13. The van der Waals surface area contributed by atoms with Gasteiger partial charge in [0.2, 0.25) is 0 Å². The number of carbonyl (C=O) groups is 2. The smallest absolute Gasteiger partial charge is 0.396 e. The number of halogens is 3. The van der Waals surface area contributed by atoms with Crippen LogP contribution in [0.3, 0.4) is 0 Å². The van der Waals surface area contributed by atoms with Gasteiger partial charge in [-0.25, -0.2) is 0 Å². The highest BCUT2D eigenvalue weighted by Gasteiger charge is 2.30. The van der Waals surface area contributed by atoms with E-state index in [2.05, 4.69) is 10.6 Å². The summed E-state index contributed by atoms with van der Waals surface area (Å²) >= 11 is 0. The van der Waals surface area contributed by atoms with Crippen molar-refractivity contribution in [3.8, 4) is 0 Å². The van der Waals surface area contributed by atoms with Gasteiger partial charge in [-0.05, 0) is 38.0 Å². The summed E-state index contributed by atoms with van der Waals surface area (Å²) < 4.78 is 37.6. The minimum Gasteiger partial charge on any atom is -0.396 e. The van der Waals surface area contributed by atoms with E-state index in [1.165, 1.54) is 6.07 Å². The van der Waals surface area contributed by atoms with E-state index < -0.39 is 23.6 Å². The van der Waals surface area contributed by atoms with Crippen molar-refractivity contribution >= 4 is 17.5 Å². The number of amides is 2. The average Bonchev–Trinajstić information content (AvgIpc) is 2.44. The molecule has 3 N–H and O–H groups in total. The fourth-order valence-corrected chi connectivity index (χ4v) is 1.72. The van der Waals surface area contributed by atoms with Gasteiger partial charge in [0.1, 0.15) is 0 Å². The minimum absolute atomic E-state index is 0.0311. The Labute approximate surface area is 125 Å². The van der Waals surface area contributed by atoms with Crippen LogP contribution in [0.2, 0.25) is 0 Å². The van der Waals surface area contributed by atoms with Gasteiger partial charge in [-0.1, -0.05) is 6.07 Å². The van der Waals surface area contributed by atoms with Gasteiger partial charge >= 0.3 is 18.0 Å². The van der Waals surface area contributed by atoms with Crippen molar-refractivity contribution < 1.29 is 27.9 Å². The molecule has 1 atom stereocenters. The Morgan fingerprint density at radius 2 is 1.95 bits per heavy atom. The van der Waals surface area contributed by atoms with Crippen molar-refractivity contribution in [2.75, 3.05) is 11.9 Å². The van der Waals surface area contributed by atoms with Gasteiger partial charge in [0.25, 0.3) is 0 Å². The quantitative estimate of drug-likeness (QED) is 0.726. The molecule has 122 valence electrons. The van der Waals surface area contributed by atoms with Gasteiger partial charge in [0.15, 0.2) is 0 Å². The molecule has 0 aromatic heterocycles. The van der Waals surface area contributed by atoms with Gasteiger partial charge < -0.3 is 15.7 Å². The van der Waals surface area contributed by atoms with Crippen LogP contribution in [-0.4, -0.2) is 29.6 Å². The SMILES string of the molecule is CC(CCCO)NC(=O)C(=O)Nc1cccc(C(F)(F)F)c1. The molecule has 22 heavy (non-hydrogen) atoms. The molecule has 0 spiro atoms. The molecule has 0 aliphatic rings. The molecule has 0 aliphatic carbocycles. The third-order valence-corrected chi connectivity index (χ3v) is 2.83. The lowest BCUT2D eigenvalue weighted by Crippen LogP contribution is -2.40. The number of aliphatic hydroxyl groups excluding tert-OH is 1. The predicted molar refractivity (Wildman–Crippen MR) is 74.0 cm³/mol. The van der Waals surface area contributed by atoms with E-state index in [0.29, 0.717) is 12.8 Å². The standard InChI is InChI=1S/C14H17F3N2O3/c1-9(4-3-7-20)18-12(21)13(22)19-11-6-2-5-10(8-11)14(15,16)17/h2,5-6,8-9,20H,3-4,7H2,1H3,(H,18,21)(H,19,22). The van der Waals surface area contributed by atoms with Crippen LogP contribution >= 0.6 is 0 Å². The molecule has 1 unspecified atom stereocenters. The number of hydrogen-bond donors (Lipinski definition) is 3. The maximum atomic E-state index is 12.5. The molecule has 0 saturated heterocycles. The number of aliphatic hydroxyl groups is 1. The van der Waals surface area contributed by atoms with Gasteiger partial charge in [-0.2, -0.15) is 13.2 Å². The van der Waals surface area contributed by atoms with E-state index in [0.717, 1.165) is 18.2 Å². The van der Waals surface area contributed by atoms with Crippen LogP contribution < -0.4 is 10.6 Å². The number of hydrogen-bond acceptors (Lipinski definition) is 3. The number of nitrogens with one attached hydrogen (secondary N) is 2. The fraction of sp³-hybridized carbons (Fsp3) is 0.429. The Balaban J connectivity index is 2.63. The molecule has 1 rings (SSSR count). The number of anilines is 1. The van der Waals surface area contributed by atoms with Gasteiger partial charge in [-0.3, -0.25) is 9.59 Å². The zero-order valence-electron chi connectivity index (χ0n) is 11.9. The molecule has 5 nitrogen and oxygen atoms in total. The van der Waals surface area contributed by atoms with Crippen molar-refractivity contribution in [2.45, 2.75) is 32.0 Å². The second kappa shape index (κ2) is 7.79. The summed E-state index contributed by atoms with van der Waals surface area (Å²) in [7, 11) is 0. The fourth-order valence-electron chi connectivity index (χ4n) is 1.72. The molecular weight excluding hydrogens is 301 g/mol. The molecule has 0 bridgehead atoms. The Hall–Kier alpha value is -2.09. The minimum atomic E-state index is -4.53. The van der Waals surface area contributed by atoms with E-state index in [1.807, 2.05) is 0 Å². The van der Waals surface area contributed by atoms with Crippen molar-refractivity contribution in [1.29, 1.82) is 0 Å². The third kappa shape index (κ3) is 5.72. The highest BCUT2D eigenvalue weighted by atomic mass is 19.4. The molecule has 1 aromatic carbocycles. The van der Waals surface area contributed by atoms with Crippen LogP contribution in [0.5, 0.6) is 0 Å². The normalized spacial score (nSPS) is 12.6. The van der Waals surface area contributed by atoms with Crippen molar-refractivity contribution in [3.63, 3.8) is 0 Å². The molecule has 0 fully saturated rings. The molecule has 8 heteroatoms. The van der Waals surface area contributed by atoms with E-state index in [-0.39, 0.29) is 18.3 Å². The van der Waals surface area contributed by atoms with Crippen LogP contribution in [0.25, 0.3) is 0 Å². The molecule has 0 heterocycles. The van der Waals surface area contributed by atoms with Crippen LogP contribution in [0.15, 0.2) is 24.3 Å². The summed E-state index contributed by atoms with van der Waals surface area (Å²) in [5.41, 5.74) is -1.03. The lowest BCUT2D eigenvalue weighted by molar-refractivity contribution is -0.137. The van der Waals surface area contributed by atoms with Gasteiger partial charge in [-0.15, -0.1) is 0 Å². The largest absolute Gasteiger partial charge is 0.416 e. The Kier molecular flexibility index (Phi) is 6.36. The second-order valence-electron chi connectivity index (χ2n) is 4.77. The summed E-state index contributed by atoms with van der Waals surface area (Å²) in [6.07, 6.45) is -3.57. The van der Waals surface area contributed by atoms with E-state index >= 15 is 0 Å². The van der Waals surface area contributed by atoms with Crippen LogP contribution in [0.1, 0.15) is 25.3 Å². The number of rotatable bonds is 5. The predicted octanol–water partition coefficient (Wildman–Crippen LogP) is 1.92. The van der Waals surface area contributed by atoms with Crippen molar-refractivity contribution in [1.82, 2.24) is 5.32 Å². The summed E-state index contributed by atoms with van der Waals surface area (Å²) in [6, 6.07) is 3.69. The van der Waals surface area contributed by atoms with Crippen molar-refractivity contribution in [3.05, 3.63) is 29.8 Å². The highest BCUT2D eigenvalue weighted by Crippen LogP contribution is 2.30. The summed E-state index contributed by atoms with van der Waals surface area (Å²) in [5.74, 6) is -1.99. The molecule has 0 aliphatic heterocycles.